The number of para-hydroxylation sites is 1. The molecule has 0 radical (unpaired) electrons. The van der Waals surface area contributed by atoms with Gasteiger partial charge in [-0.3, -0.25) is 4.98 Å². The summed E-state index contributed by atoms with van der Waals surface area (Å²) < 4.78 is 6.16. The zero-order valence-electron chi connectivity index (χ0n) is 17.2. The number of hydrogen-bond acceptors (Lipinski definition) is 3. The molecule has 0 unspecified atom stereocenters. The van der Waals surface area contributed by atoms with E-state index in [0.717, 1.165) is 66.9 Å². The number of fused-ring (bicyclic) bond motifs is 1. The summed E-state index contributed by atoms with van der Waals surface area (Å²) >= 11 is 0. The van der Waals surface area contributed by atoms with Gasteiger partial charge in [0.1, 0.15) is 5.75 Å². The predicted molar refractivity (Wildman–Crippen MR) is 118 cm³/mol. The van der Waals surface area contributed by atoms with Gasteiger partial charge in [-0.1, -0.05) is 55.8 Å². The van der Waals surface area contributed by atoms with Crippen LogP contribution >= 0.6 is 0 Å². The molecule has 0 amide bonds. The number of nitrogens with one attached hydrogen (secondary N) is 1. The van der Waals surface area contributed by atoms with E-state index >= 15 is 0 Å². The van der Waals surface area contributed by atoms with Gasteiger partial charge in [-0.25, -0.2) is 0 Å². The van der Waals surface area contributed by atoms with Gasteiger partial charge < -0.3 is 10.1 Å². The number of benzene rings is 2. The van der Waals surface area contributed by atoms with Crippen LogP contribution in [0, 0.1) is 6.92 Å². The molecule has 3 aromatic rings. The molecule has 0 aliphatic rings. The second-order valence-electron chi connectivity index (χ2n) is 7.35. The van der Waals surface area contributed by atoms with Crippen molar-refractivity contribution in [3.8, 4) is 5.75 Å². The summed E-state index contributed by atoms with van der Waals surface area (Å²) in [5.74, 6) is 1.000. The summed E-state index contributed by atoms with van der Waals surface area (Å²) in [6.45, 7) is 6.87. The molecular weight excluding hydrogens is 344 g/mol. The van der Waals surface area contributed by atoms with Gasteiger partial charge >= 0.3 is 0 Å². The zero-order chi connectivity index (χ0) is 19.6. The van der Waals surface area contributed by atoms with E-state index in [9.17, 15) is 0 Å². The van der Waals surface area contributed by atoms with Crippen LogP contribution in [0.5, 0.6) is 5.75 Å². The van der Waals surface area contributed by atoms with E-state index < -0.39 is 0 Å². The molecule has 0 aliphatic carbocycles. The van der Waals surface area contributed by atoms with E-state index in [1.165, 1.54) is 18.4 Å². The highest BCUT2D eigenvalue weighted by Gasteiger charge is 2.12. The first-order valence-electron chi connectivity index (χ1n) is 10.5. The van der Waals surface area contributed by atoms with Gasteiger partial charge in [-0.15, -0.1) is 0 Å². The van der Waals surface area contributed by atoms with Crippen molar-refractivity contribution >= 4 is 10.9 Å². The van der Waals surface area contributed by atoms with Gasteiger partial charge in [0.15, 0.2) is 0 Å². The molecule has 0 fully saturated rings. The number of nitrogens with zero attached hydrogens (tertiary/aromatic N) is 1. The molecule has 1 aromatic heterocycles. The predicted octanol–water partition coefficient (Wildman–Crippen LogP) is 5.83. The van der Waals surface area contributed by atoms with Crippen LogP contribution in [-0.2, 0) is 13.0 Å². The maximum atomic E-state index is 6.16. The fraction of sp³-hybridized carbons (Fsp3) is 0.400. The lowest BCUT2D eigenvalue weighted by molar-refractivity contribution is 0.310. The summed E-state index contributed by atoms with van der Waals surface area (Å²) in [6.07, 6.45) is 5.73. The average Bonchev–Trinajstić information content (AvgIpc) is 2.73. The second kappa shape index (κ2) is 10.8. The van der Waals surface area contributed by atoms with Crippen LogP contribution < -0.4 is 10.1 Å². The lowest BCUT2D eigenvalue weighted by Crippen LogP contribution is -2.17. The van der Waals surface area contributed by atoms with Crippen molar-refractivity contribution in [1.82, 2.24) is 10.3 Å². The van der Waals surface area contributed by atoms with Crippen LogP contribution in [0.15, 0.2) is 54.6 Å². The van der Waals surface area contributed by atoms with Crippen molar-refractivity contribution in [3.05, 3.63) is 71.4 Å². The number of ether oxygens (including phenoxy) is 1. The van der Waals surface area contributed by atoms with E-state index in [4.69, 9.17) is 9.72 Å². The van der Waals surface area contributed by atoms with Crippen molar-refractivity contribution in [3.63, 3.8) is 0 Å². The molecule has 0 bridgehead atoms. The molecule has 0 saturated carbocycles. The van der Waals surface area contributed by atoms with E-state index in [2.05, 4.69) is 67.7 Å². The minimum absolute atomic E-state index is 0.762. The van der Waals surface area contributed by atoms with Crippen molar-refractivity contribution in [1.29, 1.82) is 0 Å². The fourth-order valence-corrected chi connectivity index (χ4v) is 3.43. The van der Waals surface area contributed by atoms with Crippen LogP contribution in [0.4, 0.5) is 0 Å². The van der Waals surface area contributed by atoms with Gasteiger partial charge in [0.25, 0.3) is 0 Å². The number of aromatic nitrogens is 1. The van der Waals surface area contributed by atoms with Crippen LogP contribution in [0.2, 0.25) is 0 Å². The van der Waals surface area contributed by atoms with Gasteiger partial charge in [0.2, 0.25) is 0 Å². The molecule has 28 heavy (non-hydrogen) atoms. The first-order valence-corrected chi connectivity index (χ1v) is 10.5. The second-order valence-corrected chi connectivity index (χ2v) is 7.35. The number of rotatable bonds is 11. The average molecular weight is 377 g/mol. The Morgan fingerprint density at radius 3 is 2.54 bits per heavy atom. The number of hydrogen-bond donors (Lipinski definition) is 1. The largest absolute Gasteiger partial charge is 0.493 e. The summed E-state index contributed by atoms with van der Waals surface area (Å²) in [6, 6.07) is 19.0. The quantitative estimate of drug-likeness (QED) is 0.427. The summed E-state index contributed by atoms with van der Waals surface area (Å²) in [5.41, 5.74) is 4.68. The van der Waals surface area contributed by atoms with Crippen molar-refractivity contribution < 1.29 is 4.74 Å². The lowest BCUT2D eigenvalue weighted by atomic mass is 10.1. The molecule has 2 aromatic carbocycles. The van der Waals surface area contributed by atoms with Crippen molar-refractivity contribution in [2.75, 3.05) is 13.2 Å². The van der Waals surface area contributed by atoms with Crippen molar-refractivity contribution in [2.24, 2.45) is 0 Å². The van der Waals surface area contributed by atoms with Gasteiger partial charge in [-0.05, 0) is 56.8 Å². The molecule has 148 valence electrons. The molecule has 3 rings (SSSR count). The fourth-order valence-electron chi connectivity index (χ4n) is 3.43. The Bertz CT molecular complexity index is 861. The molecule has 3 heteroatoms. The lowest BCUT2D eigenvalue weighted by Gasteiger charge is -2.16. The van der Waals surface area contributed by atoms with E-state index in [0.29, 0.717) is 0 Å². The van der Waals surface area contributed by atoms with Gasteiger partial charge in [-0.2, -0.15) is 0 Å². The first-order chi connectivity index (χ1) is 13.8. The highest BCUT2D eigenvalue weighted by molar-refractivity contribution is 5.86. The normalized spacial score (nSPS) is 11.1. The van der Waals surface area contributed by atoms with Crippen LogP contribution in [0.25, 0.3) is 10.9 Å². The Morgan fingerprint density at radius 1 is 0.929 bits per heavy atom. The standard InChI is InChI=1S/C25H32N2O/c1-3-4-18-28-25-20(2)24(27-23-16-9-8-15-22(23)25)19-26-17-11-10-14-21-12-6-5-7-13-21/h5-9,12-13,15-16,26H,3-4,10-11,14,17-19H2,1-2H3. The third-order valence-corrected chi connectivity index (χ3v) is 5.13. The van der Waals surface area contributed by atoms with Gasteiger partial charge in [0.05, 0.1) is 17.8 Å². The molecule has 0 saturated heterocycles. The third-order valence-electron chi connectivity index (χ3n) is 5.13. The summed E-state index contributed by atoms with van der Waals surface area (Å²) in [4.78, 5) is 4.89. The Balaban J connectivity index is 1.57. The smallest absolute Gasteiger partial charge is 0.133 e. The van der Waals surface area contributed by atoms with Crippen LogP contribution in [-0.4, -0.2) is 18.1 Å². The Morgan fingerprint density at radius 2 is 1.71 bits per heavy atom. The maximum absolute atomic E-state index is 6.16. The zero-order valence-corrected chi connectivity index (χ0v) is 17.2. The summed E-state index contributed by atoms with van der Waals surface area (Å²) in [5, 5.41) is 4.68. The first kappa shape index (κ1) is 20.3. The molecule has 1 heterocycles. The number of aryl methyl sites for hydroxylation is 1. The minimum Gasteiger partial charge on any atom is -0.493 e. The molecule has 0 aliphatic heterocycles. The highest BCUT2D eigenvalue weighted by atomic mass is 16.5. The highest BCUT2D eigenvalue weighted by Crippen LogP contribution is 2.30. The molecule has 1 N–H and O–H groups in total. The SMILES string of the molecule is CCCCOc1c(C)c(CNCCCCc2ccccc2)nc2ccccc12. The van der Waals surface area contributed by atoms with E-state index in [-0.39, 0.29) is 0 Å². The Kier molecular flexibility index (Phi) is 7.86. The molecule has 3 nitrogen and oxygen atoms in total. The maximum Gasteiger partial charge on any atom is 0.133 e. The molecular formula is C25H32N2O. The number of unbranched alkanes of at least 4 members (excludes halogenated alkanes) is 2. The molecule has 0 atom stereocenters. The Labute approximate surface area is 169 Å². The third kappa shape index (κ3) is 5.56. The van der Waals surface area contributed by atoms with Gasteiger partial charge in [0, 0.05) is 17.5 Å². The van der Waals surface area contributed by atoms with Crippen LogP contribution in [0.1, 0.15) is 49.4 Å². The van der Waals surface area contributed by atoms with E-state index in [1.807, 2.05) is 6.07 Å². The monoisotopic (exact) mass is 376 g/mol. The minimum atomic E-state index is 0.762. The van der Waals surface area contributed by atoms with E-state index in [1.54, 1.807) is 0 Å². The van der Waals surface area contributed by atoms with Crippen LogP contribution in [0.3, 0.4) is 0 Å². The number of pyridine rings is 1. The topological polar surface area (TPSA) is 34.1 Å². The van der Waals surface area contributed by atoms with Crippen molar-refractivity contribution in [2.45, 2.75) is 52.5 Å². The summed E-state index contributed by atoms with van der Waals surface area (Å²) in [7, 11) is 0. The Hall–Kier alpha value is -2.39. The molecule has 0 spiro atoms.